The van der Waals surface area contributed by atoms with Crippen LogP contribution in [-0.2, 0) is 13.0 Å². The van der Waals surface area contributed by atoms with Crippen LogP contribution in [0.2, 0.25) is 0 Å². The highest BCUT2D eigenvalue weighted by molar-refractivity contribution is 5.34. The van der Waals surface area contributed by atoms with Gasteiger partial charge in [-0.25, -0.2) is 9.97 Å². The van der Waals surface area contributed by atoms with Gasteiger partial charge in [-0.1, -0.05) is 27.7 Å². The monoisotopic (exact) mass is 279 g/mol. The Hall–Kier alpha value is -1.20. The third kappa shape index (κ3) is 4.42. The Bertz CT molecular complexity index is 375. The molecule has 0 amide bonds. The first-order chi connectivity index (χ1) is 9.93. The fourth-order valence-electron chi connectivity index (χ4n) is 2.24. The van der Waals surface area contributed by atoms with E-state index in [1.54, 1.807) is 0 Å². The Morgan fingerprint density at radius 1 is 1.00 bits per heavy atom. The number of nitrogens with one attached hydrogen (secondary N) is 2. The van der Waals surface area contributed by atoms with Crippen LogP contribution in [0.15, 0.2) is 6.20 Å². The maximum absolute atomic E-state index is 4.68. The molecule has 1 fully saturated rings. The van der Waals surface area contributed by atoms with Gasteiger partial charge in [0.25, 0.3) is 0 Å². The molecule has 2 aliphatic rings. The highest BCUT2D eigenvalue weighted by Gasteiger charge is 2.16. The minimum atomic E-state index is 0.905. The van der Waals surface area contributed by atoms with Crippen LogP contribution in [0.5, 0.6) is 0 Å². The normalized spacial score (nSPS) is 17.1. The molecule has 1 saturated heterocycles. The van der Waals surface area contributed by atoms with Crippen LogP contribution in [0, 0.1) is 0 Å². The smallest absolute Gasteiger partial charge is 0.225 e. The lowest BCUT2D eigenvalue weighted by Crippen LogP contribution is -2.44. The second kappa shape index (κ2) is 9.66. The lowest BCUT2D eigenvalue weighted by Gasteiger charge is -2.28. The van der Waals surface area contributed by atoms with Crippen LogP contribution in [-0.4, -0.2) is 42.7 Å². The molecule has 0 bridgehead atoms. The van der Waals surface area contributed by atoms with E-state index in [1.807, 2.05) is 33.9 Å². The summed E-state index contributed by atoms with van der Waals surface area (Å²) in [6.45, 7) is 14.0. The molecule has 2 N–H and O–H groups in total. The summed E-state index contributed by atoms with van der Waals surface area (Å²) in [5.41, 5.74) is 2.48. The van der Waals surface area contributed by atoms with E-state index in [9.17, 15) is 0 Å². The SMILES string of the molecule is CC.CC.c1nc(N2CCNCC2)nc2c1CNCC2. The number of hydrogen-bond acceptors (Lipinski definition) is 5. The van der Waals surface area contributed by atoms with Gasteiger partial charge in [-0.3, -0.25) is 0 Å². The molecule has 3 rings (SSSR count). The van der Waals surface area contributed by atoms with Crippen molar-refractivity contribution in [3.8, 4) is 0 Å². The predicted octanol–water partition coefficient (Wildman–Crippen LogP) is 1.58. The van der Waals surface area contributed by atoms with Crippen molar-refractivity contribution < 1.29 is 0 Å². The van der Waals surface area contributed by atoms with Crippen LogP contribution in [0.1, 0.15) is 39.0 Å². The van der Waals surface area contributed by atoms with Gasteiger partial charge in [0.2, 0.25) is 5.95 Å². The van der Waals surface area contributed by atoms with E-state index in [0.717, 1.165) is 51.6 Å². The van der Waals surface area contributed by atoms with Gasteiger partial charge in [-0.15, -0.1) is 0 Å². The number of anilines is 1. The number of piperazine rings is 1. The molecule has 0 aliphatic carbocycles. The van der Waals surface area contributed by atoms with E-state index < -0.39 is 0 Å². The summed E-state index contributed by atoms with van der Waals surface area (Å²) >= 11 is 0. The van der Waals surface area contributed by atoms with Crippen molar-refractivity contribution in [2.24, 2.45) is 0 Å². The van der Waals surface area contributed by atoms with Gasteiger partial charge in [-0.2, -0.15) is 0 Å². The largest absolute Gasteiger partial charge is 0.338 e. The first-order valence-electron chi connectivity index (χ1n) is 7.95. The standard InChI is InChI=1S/C11H17N5.2C2H6/c1-2-13-7-9-8-14-11(15-10(1)9)16-5-3-12-4-6-16;2*1-2/h8,12-13H,1-7H2;2*1-2H3. The summed E-state index contributed by atoms with van der Waals surface area (Å²) in [7, 11) is 0. The number of aromatic nitrogens is 2. The highest BCUT2D eigenvalue weighted by Crippen LogP contribution is 2.15. The summed E-state index contributed by atoms with van der Waals surface area (Å²) in [4.78, 5) is 11.4. The van der Waals surface area contributed by atoms with Gasteiger partial charge in [0.1, 0.15) is 0 Å². The molecule has 0 aromatic carbocycles. The molecular weight excluding hydrogens is 250 g/mol. The average Bonchev–Trinajstić information content (AvgIpc) is 2.59. The molecule has 5 nitrogen and oxygen atoms in total. The molecule has 1 aromatic rings. The lowest BCUT2D eigenvalue weighted by atomic mass is 10.1. The van der Waals surface area contributed by atoms with E-state index in [4.69, 9.17) is 0 Å². The van der Waals surface area contributed by atoms with Crippen LogP contribution < -0.4 is 15.5 Å². The van der Waals surface area contributed by atoms with Crippen LogP contribution in [0.25, 0.3) is 0 Å². The average molecular weight is 279 g/mol. The van der Waals surface area contributed by atoms with E-state index in [0.29, 0.717) is 0 Å². The van der Waals surface area contributed by atoms with E-state index in [-0.39, 0.29) is 0 Å². The molecule has 0 saturated carbocycles. The summed E-state index contributed by atoms with van der Waals surface area (Å²) in [6.07, 6.45) is 3.00. The first-order valence-corrected chi connectivity index (χ1v) is 7.95. The molecule has 20 heavy (non-hydrogen) atoms. The molecule has 2 aliphatic heterocycles. The van der Waals surface area contributed by atoms with Crippen molar-refractivity contribution in [1.82, 2.24) is 20.6 Å². The molecule has 0 spiro atoms. The Balaban J connectivity index is 0.000000461. The topological polar surface area (TPSA) is 53.1 Å². The fourth-order valence-corrected chi connectivity index (χ4v) is 2.24. The minimum Gasteiger partial charge on any atom is -0.338 e. The maximum atomic E-state index is 4.68. The number of rotatable bonds is 1. The van der Waals surface area contributed by atoms with Gasteiger partial charge < -0.3 is 15.5 Å². The molecule has 0 unspecified atom stereocenters. The van der Waals surface area contributed by atoms with Gasteiger partial charge in [0.05, 0.1) is 5.69 Å². The van der Waals surface area contributed by atoms with Crippen LogP contribution in [0.4, 0.5) is 5.95 Å². The summed E-state index contributed by atoms with van der Waals surface area (Å²) in [5, 5.41) is 6.68. The molecular formula is C15H29N5. The zero-order valence-electron chi connectivity index (χ0n) is 13.4. The zero-order chi connectivity index (χ0) is 14.8. The van der Waals surface area contributed by atoms with Gasteiger partial charge in [-0.05, 0) is 0 Å². The summed E-state index contributed by atoms with van der Waals surface area (Å²) in [5.74, 6) is 0.905. The Kier molecular flexibility index (Phi) is 8.14. The van der Waals surface area contributed by atoms with Gasteiger partial charge in [0.15, 0.2) is 0 Å². The zero-order valence-corrected chi connectivity index (χ0v) is 13.4. The Labute approximate surface area is 123 Å². The third-order valence-corrected chi connectivity index (χ3v) is 3.20. The highest BCUT2D eigenvalue weighted by atomic mass is 15.3. The van der Waals surface area contributed by atoms with Gasteiger partial charge in [0, 0.05) is 57.4 Å². The molecule has 1 aromatic heterocycles. The van der Waals surface area contributed by atoms with E-state index in [1.165, 1.54) is 11.3 Å². The summed E-state index contributed by atoms with van der Waals surface area (Å²) < 4.78 is 0. The Morgan fingerprint density at radius 3 is 2.40 bits per heavy atom. The predicted molar refractivity (Wildman–Crippen MR) is 85.2 cm³/mol. The third-order valence-electron chi connectivity index (χ3n) is 3.20. The second-order valence-corrected chi connectivity index (χ2v) is 4.31. The van der Waals surface area contributed by atoms with Crippen molar-refractivity contribution >= 4 is 5.95 Å². The van der Waals surface area contributed by atoms with Crippen molar-refractivity contribution in [2.75, 3.05) is 37.6 Å². The number of nitrogens with zero attached hydrogens (tertiary/aromatic N) is 3. The van der Waals surface area contributed by atoms with Crippen LogP contribution >= 0.6 is 0 Å². The van der Waals surface area contributed by atoms with Crippen molar-refractivity contribution in [3.05, 3.63) is 17.5 Å². The molecule has 114 valence electrons. The first kappa shape index (κ1) is 16.9. The number of fused-ring (bicyclic) bond motifs is 1. The quantitative estimate of drug-likeness (QED) is 0.817. The van der Waals surface area contributed by atoms with Crippen molar-refractivity contribution in [2.45, 2.75) is 40.7 Å². The minimum absolute atomic E-state index is 0.905. The van der Waals surface area contributed by atoms with Crippen molar-refractivity contribution in [1.29, 1.82) is 0 Å². The van der Waals surface area contributed by atoms with Crippen molar-refractivity contribution in [3.63, 3.8) is 0 Å². The second-order valence-electron chi connectivity index (χ2n) is 4.31. The molecule has 0 atom stereocenters. The fraction of sp³-hybridized carbons (Fsp3) is 0.733. The number of hydrogen-bond donors (Lipinski definition) is 2. The Morgan fingerprint density at radius 2 is 1.70 bits per heavy atom. The van der Waals surface area contributed by atoms with E-state index in [2.05, 4.69) is 25.5 Å². The lowest BCUT2D eigenvalue weighted by molar-refractivity contribution is 0.573. The van der Waals surface area contributed by atoms with Gasteiger partial charge >= 0.3 is 0 Å². The summed E-state index contributed by atoms with van der Waals surface area (Å²) in [6, 6.07) is 0. The molecule has 5 heteroatoms. The molecule has 0 radical (unpaired) electrons. The molecule has 3 heterocycles. The van der Waals surface area contributed by atoms with Crippen LogP contribution in [0.3, 0.4) is 0 Å². The van der Waals surface area contributed by atoms with E-state index >= 15 is 0 Å². The maximum Gasteiger partial charge on any atom is 0.225 e.